The first-order valence-corrected chi connectivity index (χ1v) is 6.15. The molecule has 0 aliphatic carbocycles. The van der Waals surface area contributed by atoms with E-state index in [9.17, 15) is 4.79 Å². The molecule has 2 rings (SSSR count). The minimum atomic E-state index is 0.0972. The number of carbonyl (C=O) groups is 1. The first-order chi connectivity index (χ1) is 8.17. The molecule has 2 atom stereocenters. The quantitative estimate of drug-likeness (QED) is 0.839. The van der Waals surface area contributed by atoms with Crippen molar-refractivity contribution in [2.45, 2.75) is 25.8 Å². The number of hydrogen-bond acceptors (Lipinski definition) is 3. The largest absolute Gasteiger partial charge is 0.335 e. The van der Waals surface area contributed by atoms with E-state index in [4.69, 9.17) is 5.73 Å². The molecule has 1 amide bonds. The third-order valence-corrected chi connectivity index (χ3v) is 3.54. The second-order valence-electron chi connectivity index (χ2n) is 4.61. The third kappa shape index (κ3) is 2.20. The smallest absolute Gasteiger partial charge is 0.223 e. The Balaban J connectivity index is 2.32. The summed E-state index contributed by atoms with van der Waals surface area (Å²) in [5.41, 5.74) is 6.93. The summed E-state index contributed by atoms with van der Waals surface area (Å²) in [6.45, 7) is 3.36. The average molecular weight is 236 g/mol. The Kier molecular flexibility index (Phi) is 3.47. The lowest BCUT2D eigenvalue weighted by molar-refractivity contribution is -0.138. The summed E-state index contributed by atoms with van der Waals surface area (Å²) in [7, 11) is 1.89. The van der Waals surface area contributed by atoms with Gasteiger partial charge in [-0.3, -0.25) is 9.48 Å². The standard InChI is InChI=1S/C12H20N4O/c1-3-16-11(17)5-4-9(6-13)12(16)10-7-14-15(2)8-10/h7-9,12H,3-6,13H2,1-2H3. The lowest BCUT2D eigenvalue weighted by atomic mass is 9.85. The van der Waals surface area contributed by atoms with Crippen molar-refractivity contribution in [1.29, 1.82) is 0 Å². The van der Waals surface area contributed by atoms with Gasteiger partial charge in [0, 0.05) is 31.8 Å². The van der Waals surface area contributed by atoms with E-state index in [1.807, 2.05) is 31.3 Å². The van der Waals surface area contributed by atoms with E-state index in [-0.39, 0.29) is 11.9 Å². The molecule has 0 saturated carbocycles. The minimum absolute atomic E-state index is 0.0972. The van der Waals surface area contributed by atoms with Gasteiger partial charge in [-0.1, -0.05) is 0 Å². The predicted molar refractivity (Wildman–Crippen MR) is 65.1 cm³/mol. The first kappa shape index (κ1) is 12.1. The van der Waals surface area contributed by atoms with Gasteiger partial charge in [0.2, 0.25) is 5.91 Å². The lowest BCUT2D eigenvalue weighted by Crippen LogP contribution is -2.44. The number of aromatic nitrogens is 2. The highest BCUT2D eigenvalue weighted by Crippen LogP contribution is 2.35. The first-order valence-electron chi connectivity index (χ1n) is 6.15. The van der Waals surface area contributed by atoms with Crippen LogP contribution >= 0.6 is 0 Å². The third-order valence-electron chi connectivity index (χ3n) is 3.54. The van der Waals surface area contributed by atoms with Gasteiger partial charge < -0.3 is 10.6 Å². The Morgan fingerprint density at radius 2 is 2.35 bits per heavy atom. The Labute approximate surface area is 102 Å². The fraction of sp³-hybridized carbons (Fsp3) is 0.667. The van der Waals surface area contributed by atoms with Gasteiger partial charge in [-0.05, 0) is 25.8 Å². The van der Waals surface area contributed by atoms with Gasteiger partial charge in [-0.2, -0.15) is 5.10 Å². The predicted octanol–water partition coefficient (Wildman–Crippen LogP) is 0.678. The SMILES string of the molecule is CCN1C(=O)CCC(CN)C1c1cnn(C)c1. The van der Waals surface area contributed by atoms with Crippen molar-refractivity contribution in [2.24, 2.45) is 18.7 Å². The lowest BCUT2D eigenvalue weighted by Gasteiger charge is -2.40. The number of aryl methyl sites for hydroxylation is 1. The maximum absolute atomic E-state index is 11.9. The van der Waals surface area contributed by atoms with Crippen molar-refractivity contribution in [1.82, 2.24) is 14.7 Å². The van der Waals surface area contributed by atoms with Gasteiger partial charge in [-0.25, -0.2) is 0 Å². The molecule has 5 nitrogen and oxygen atoms in total. The van der Waals surface area contributed by atoms with E-state index >= 15 is 0 Å². The van der Waals surface area contributed by atoms with Crippen LogP contribution in [0.15, 0.2) is 12.4 Å². The highest BCUT2D eigenvalue weighted by atomic mass is 16.2. The maximum atomic E-state index is 11.9. The molecular weight excluding hydrogens is 216 g/mol. The molecule has 1 aliphatic heterocycles. The summed E-state index contributed by atoms with van der Waals surface area (Å²) >= 11 is 0. The zero-order chi connectivity index (χ0) is 12.4. The van der Waals surface area contributed by atoms with E-state index in [1.54, 1.807) is 4.68 Å². The van der Waals surface area contributed by atoms with Crippen molar-refractivity contribution < 1.29 is 4.79 Å². The second-order valence-corrected chi connectivity index (χ2v) is 4.61. The molecule has 0 spiro atoms. The van der Waals surface area contributed by atoms with E-state index in [2.05, 4.69) is 5.10 Å². The molecule has 0 bridgehead atoms. The molecule has 2 unspecified atom stereocenters. The number of hydrogen-bond donors (Lipinski definition) is 1. The highest BCUT2D eigenvalue weighted by Gasteiger charge is 2.35. The number of likely N-dealkylation sites (tertiary alicyclic amines) is 1. The Morgan fingerprint density at radius 3 is 2.88 bits per heavy atom. The minimum Gasteiger partial charge on any atom is -0.335 e. The van der Waals surface area contributed by atoms with Crippen LogP contribution in [0.3, 0.4) is 0 Å². The zero-order valence-electron chi connectivity index (χ0n) is 10.5. The summed E-state index contributed by atoms with van der Waals surface area (Å²) in [5, 5.41) is 4.19. The van der Waals surface area contributed by atoms with Crippen LogP contribution < -0.4 is 5.73 Å². The number of rotatable bonds is 3. The van der Waals surface area contributed by atoms with Crippen molar-refractivity contribution in [2.75, 3.05) is 13.1 Å². The fourth-order valence-electron chi connectivity index (χ4n) is 2.68. The van der Waals surface area contributed by atoms with Crippen LogP contribution in [0.25, 0.3) is 0 Å². The molecule has 2 heterocycles. The van der Waals surface area contributed by atoms with E-state index < -0.39 is 0 Å². The van der Waals surface area contributed by atoms with Crippen LogP contribution in [0, 0.1) is 5.92 Å². The van der Waals surface area contributed by atoms with Crippen LogP contribution in [-0.2, 0) is 11.8 Å². The van der Waals surface area contributed by atoms with Crippen molar-refractivity contribution in [3.8, 4) is 0 Å². The van der Waals surface area contributed by atoms with Crippen LogP contribution in [0.4, 0.5) is 0 Å². The number of amides is 1. The number of nitrogens with zero attached hydrogens (tertiary/aromatic N) is 3. The average Bonchev–Trinajstić information content (AvgIpc) is 2.75. The van der Waals surface area contributed by atoms with Crippen molar-refractivity contribution >= 4 is 5.91 Å². The number of piperidine rings is 1. The molecule has 0 radical (unpaired) electrons. The summed E-state index contributed by atoms with van der Waals surface area (Å²) < 4.78 is 1.77. The summed E-state index contributed by atoms with van der Waals surface area (Å²) in [6, 6.07) is 0.0972. The van der Waals surface area contributed by atoms with Crippen LogP contribution in [0.1, 0.15) is 31.4 Å². The number of carbonyl (C=O) groups excluding carboxylic acids is 1. The normalized spacial score (nSPS) is 25.4. The van der Waals surface area contributed by atoms with Gasteiger partial charge >= 0.3 is 0 Å². The Morgan fingerprint density at radius 1 is 1.59 bits per heavy atom. The van der Waals surface area contributed by atoms with Crippen LogP contribution in [0.2, 0.25) is 0 Å². The zero-order valence-corrected chi connectivity index (χ0v) is 10.5. The molecule has 94 valence electrons. The second kappa shape index (κ2) is 4.87. The monoisotopic (exact) mass is 236 g/mol. The highest BCUT2D eigenvalue weighted by molar-refractivity contribution is 5.77. The molecule has 2 N–H and O–H groups in total. The molecule has 17 heavy (non-hydrogen) atoms. The van der Waals surface area contributed by atoms with E-state index in [0.29, 0.717) is 18.9 Å². The van der Waals surface area contributed by atoms with E-state index in [1.165, 1.54) is 0 Å². The fourth-order valence-corrected chi connectivity index (χ4v) is 2.68. The number of nitrogens with two attached hydrogens (primary N) is 1. The maximum Gasteiger partial charge on any atom is 0.223 e. The van der Waals surface area contributed by atoms with Gasteiger partial charge in [0.15, 0.2) is 0 Å². The van der Waals surface area contributed by atoms with Gasteiger partial charge in [0.25, 0.3) is 0 Å². The molecule has 1 aromatic rings. The van der Waals surface area contributed by atoms with Crippen molar-refractivity contribution in [3.05, 3.63) is 18.0 Å². The van der Waals surface area contributed by atoms with Gasteiger partial charge in [-0.15, -0.1) is 0 Å². The Hall–Kier alpha value is -1.36. The van der Waals surface area contributed by atoms with Gasteiger partial charge in [0.1, 0.15) is 0 Å². The molecule has 1 aromatic heterocycles. The molecule has 1 saturated heterocycles. The molecular formula is C12H20N4O. The topological polar surface area (TPSA) is 64.2 Å². The van der Waals surface area contributed by atoms with Crippen LogP contribution in [0.5, 0.6) is 0 Å². The van der Waals surface area contributed by atoms with E-state index in [0.717, 1.165) is 18.5 Å². The van der Waals surface area contributed by atoms with Crippen molar-refractivity contribution in [3.63, 3.8) is 0 Å². The van der Waals surface area contributed by atoms with Gasteiger partial charge in [0.05, 0.1) is 12.2 Å². The summed E-state index contributed by atoms with van der Waals surface area (Å²) in [5.74, 6) is 0.572. The molecule has 1 aliphatic rings. The molecule has 1 fully saturated rings. The Bertz CT molecular complexity index is 401. The molecule has 5 heteroatoms. The summed E-state index contributed by atoms with van der Waals surface area (Å²) in [6.07, 6.45) is 5.32. The molecule has 0 aromatic carbocycles. The van der Waals surface area contributed by atoms with Crippen LogP contribution in [-0.4, -0.2) is 33.7 Å². The summed E-state index contributed by atoms with van der Waals surface area (Å²) in [4.78, 5) is 13.9.